The van der Waals surface area contributed by atoms with Crippen LogP contribution in [0.4, 0.5) is 23.4 Å². The number of primary sulfonamides is 1. The molecule has 1 saturated heterocycles. The van der Waals surface area contributed by atoms with Gasteiger partial charge in [-0.05, 0) is 30.7 Å². The zero-order valence-electron chi connectivity index (χ0n) is 15.3. The molecule has 0 radical (unpaired) electrons. The van der Waals surface area contributed by atoms with Crippen molar-refractivity contribution in [2.45, 2.75) is 17.4 Å². The van der Waals surface area contributed by atoms with Gasteiger partial charge in [0.15, 0.2) is 5.82 Å². The molecule has 0 saturated carbocycles. The molecule has 7 N–H and O–H groups in total. The molecule has 0 spiro atoms. The third kappa shape index (κ3) is 4.11. The summed E-state index contributed by atoms with van der Waals surface area (Å²) < 4.78 is 24.1. The maximum Gasteiger partial charge on any atom is 0.248 e. The van der Waals surface area contributed by atoms with Crippen molar-refractivity contribution in [1.82, 2.24) is 24.7 Å². The van der Waals surface area contributed by atoms with E-state index in [9.17, 15) is 8.42 Å². The minimum absolute atomic E-state index is 0.0104. The number of hydrogen-bond donors (Lipinski definition) is 4. The van der Waals surface area contributed by atoms with Crippen LogP contribution in [0, 0.1) is 0 Å². The SMILES string of the molecule is Nc1nc(Nc2ccc(S(N)(=O)=O)cc2)nn1-c1cc(N2CC[C@@H](N)C2)ncn1. The van der Waals surface area contributed by atoms with Gasteiger partial charge in [-0.1, -0.05) is 0 Å². The van der Waals surface area contributed by atoms with E-state index in [1.54, 1.807) is 18.2 Å². The second kappa shape index (κ2) is 7.27. The van der Waals surface area contributed by atoms with Gasteiger partial charge >= 0.3 is 0 Å². The first kappa shape index (κ1) is 19.0. The van der Waals surface area contributed by atoms with Gasteiger partial charge in [0, 0.05) is 30.9 Å². The Morgan fingerprint density at radius 3 is 2.52 bits per heavy atom. The highest BCUT2D eigenvalue weighted by Crippen LogP contribution is 2.21. The maximum atomic E-state index is 11.3. The van der Waals surface area contributed by atoms with Crippen LogP contribution in [-0.4, -0.2) is 52.3 Å². The highest BCUT2D eigenvalue weighted by Gasteiger charge is 2.21. The predicted molar refractivity (Wildman–Crippen MR) is 107 cm³/mol. The fourth-order valence-corrected chi connectivity index (χ4v) is 3.54. The van der Waals surface area contributed by atoms with Gasteiger partial charge < -0.3 is 21.7 Å². The van der Waals surface area contributed by atoms with Gasteiger partial charge in [-0.25, -0.2) is 23.5 Å². The number of anilines is 4. The van der Waals surface area contributed by atoms with E-state index >= 15 is 0 Å². The van der Waals surface area contributed by atoms with Gasteiger partial charge in [0.25, 0.3) is 0 Å². The first-order valence-electron chi connectivity index (χ1n) is 8.75. The number of hydrogen-bond acceptors (Lipinski definition) is 10. The molecule has 13 heteroatoms. The number of rotatable bonds is 5. The Balaban J connectivity index is 1.55. The number of nitrogens with zero attached hydrogens (tertiary/aromatic N) is 6. The van der Waals surface area contributed by atoms with Crippen molar-refractivity contribution in [3.8, 4) is 5.82 Å². The van der Waals surface area contributed by atoms with E-state index in [4.69, 9.17) is 16.6 Å². The van der Waals surface area contributed by atoms with Crippen molar-refractivity contribution in [3.05, 3.63) is 36.7 Å². The lowest BCUT2D eigenvalue weighted by atomic mass is 10.3. The molecule has 3 heterocycles. The summed E-state index contributed by atoms with van der Waals surface area (Å²) in [6, 6.07) is 7.77. The van der Waals surface area contributed by atoms with Crippen LogP contribution < -0.4 is 26.8 Å². The van der Waals surface area contributed by atoms with Gasteiger partial charge in [0.2, 0.25) is 21.9 Å². The van der Waals surface area contributed by atoms with Crippen LogP contribution in [0.15, 0.2) is 41.6 Å². The van der Waals surface area contributed by atoms with E-state index < -0.39 is 10.0 Å². The quantitative estimate of drug-likeness (QED) is 0.425. The van der Waals surface area contributed by atoms with Gasteiger partial charge in [-0.3, -0.25) is 0 Å². The summed E-state index contributed by atoms with van der Waals surface area (Å²) in [6.45, 7) is 1.55. The standard InChI is InChI=1S/C16H20N10O2S/c17-10-5-6-25(8-10)13-7-14(21-9-20-13)26-15(18)23-16(24-26)22-11-1-3-12(4-2-11)29(19,27)28/h1-4,7,9-10H,5-6,8,17H2,(H2,19,27,28)(H3,18,22,23,24)/t10-/m1/s1. The molecule has 3 aromatic rings. The molecule has 0 unspecified atom stereocenters. The molecule has 0 amide bonds. The summed E-state index contributed by atoms with van der Waals surface area (Å²) in [5.74, 6) is 1.58. The zero-order valence-corrected chi connectivity index (χ0v) is 16.1. The largest absolute Gasteiger partial charge is 0.368 e. The van der Waals surface area contributed by atoms with Crippen LogP contribution in [0.5, 0.6) is 0 Å². The average molecular weight is 416 g/mol. The van der Waals surface area contributed by atoms with Crippen LogP contribution in [0.1, 0.15) is 6.42 Å². The first-order valence-corrected chi connectivity index (χ1v) is 10.3. The molecular formula is C16H20N10O2S. The van der Waals surface area contributed by atoms with E-state index in [1.165, 1.54) is 23.1 Å². The Bertz CT molecular complexity index is 1130. The first-order chi connectivity index (χ1) is 13.8. The van der Waals surface area contributed by atoms with Gasteiger partial charge in [0.05, 0.1) is 4.90 Å². The summed E-state index contributed by atoms with van der Waals surface area (Å²) in [7, 11) is -3.75. The second-order valence-electron chi connectivity index (χ2n) is 6.63. The van der Waals surface area contributed by atoms with Crippen molar-refractivity contribution in [3.63, 3.8) is 0 Å². The maximum absolute atomic E-state index is 11.3. The van der Waals surface area contributed by atoms with Crippen LogP contribution in [0.3, 0.4) is 0 Å². The highest BCUT2D eigenvalue weighted by atomic mass is 32.2. The van der Waals surface area contributed by atoms with Crippen molar-refractivity contribution < 1.29 is 8.42 Å². The summed E-state index contributed by atoms with van der Waals surface area (Å²) in [6.07, 6.45) is 2.35. The molecule has 4 rings (SSSR count). The molecule has 1 fully saturated rings. The third-order valence-corrected chi connectivity index (χ3v) is 5.40. The fourth-order valence-electron chi connectivity index (χ4n) is 3.02. The summed E-state index contributed by atoms with van der Waals surface area (Å²) in [5.41, 5.74) is 12.5. The summed E-state index contributed by atoms with van der Waals surface area (Å²) >= 11 is 0. The molecule has 0 aliphatic carbocycles. The Morgan fingerprint density at radius 2 is 1.86 bits per heavy atom. The van der Waals surface area contributed by atoms with Gasteiger partial charge in [-0.2, -0.15) is 9.67 Å². The zero-order chi connectivity index (χ0) is 20.6. The lowest BCUT2D eigenvalue weighted by Crippen LogP contribution is -2.27. The van der Waals surface area contributed by atoms with E-state index in [2.05, 4.69) is 30.3 Å². The van der Waals surface area contributed by atoms with Crippen molar-refractivity contribution >= 4 is 33.4 Å². The Kier molecular flexibility index (Phi) is 4.77. The number of nitrogens with two attached hydrogens (primary N) is 3. The number of aromatic nitrogens is 5. The van der Waals surface area contributed by atoms with Crippen LogP contribution in [-0.2, 0) is 10.0 Å². The van der Waals surface area contributed by atoms with E-state index in [0.717, 1.165) is 25.3 Å². The minimum Gasteiger partial charge on any atom is -0.368 e. The topological polar surface area (TPSA) is 184 Å². The molecular weight excluding hydrogens is 396 g/mol. The van der Waals surface area contributed by atoms with Crippen LogP contribution >= 0.6 is 0 Å². The monoisotopic (exact) mass is 416 g/mol. The normalized spacial score (nSPS) is 16.9. The second-order valence-corrected chi connectivity index (χ2v) is 8.19. The van der Waals surface area contributed by atoms with Crippen molar-refractivity contribution in [2.75, 3.05) is 29.0 Å². The molecule has 1 aromatic carbocycles. The lowest BCUT2D eigenvalue weighted by molar-refractivity contribution is 0.598. The van der Waals surface area contributed by atoms with E-state index in [0.29, 0.717) is 11.5 Å². The Labute approximate surface area is 166 Å². The molecule has 0 bridgehead atoms. The number of nitrogen functional groups attached to an aromatic ring is 1. The molecule has 12 nitrogen and oxygen atoms in total. The summed E-state index contributed by atoms with van der Waals surface area (Å²) in [5, 5.41) is 12.4. The van der Waals surface area contributed by atoms with Crippen molar-refractivity contribution in [1.29, 1.82) is 0 Å². The third-order valence-electron chi connectivity index (χ3n) is 4.48. The van der Waals surface area contributed by atoms with Crippen molar-refractivity contribution in [2.24, 2.45) is 10.9 Å². The van der Waals surface area contributed by atoms with E-state index in [1.807, 2.05) is 0 Å². The number of sulfonamides is 1. The van der Waals surface area contributed by atoms with Crippen LogP contribution in [0.25, 0.3) is 5.82 Å². The Morgan fingerprint density at radius 1 is 1.14 bits per heavy atom. The molecule has 152 valence electrons. The summed E-state index contributed by atoms with van der Waals surface area (Å²) in [4.78, 5) is 14.8. The lowest BCUT2D eigenvalue weighted by Gasteiger charge is -2.16. The number of nitrogens with one attached hydrogen (secondary N) is 1. The highest BCUT2D eigenvalue weighted by molar-refractivity contribution is 7.89. The molecule has 1 atom stereocenters. The van der Waals surface area contributed by atoms with E-state index in [-0.39, 0.29) is 22.8 Å². The molecule has 2 aromatic heterocycles. The Hall–Kier alpha value is -3.29. The van der Waals surface area contributed by atoms with Crippen LogP contribution in [0.2, 0.25) is 0 Å². The molecule has 1 aliphatic rings. The molecule has 29 heavy (non-hydrogen) atoms. The smallest absolute Gasteiger partial charge is 0.248 e. The molecule has 1 aliphatic heterocycles. The number of benzene rings is 1. The van der Waals surface area contributed by atoms with Gasteiger partial charge in [0.1, 0.15) is 12.1 Å². The minimum atomic E-state index is -3.75. The fraction of sp³-hybridized carbons (Fsp3) is 0.250. The van der Waals surface area contributed by atoms with Gasteiger partial charge in [-0.15, -0.1) is 5.10 Å². The average Bonchev–Trinajstić information content (AvgIpc) is 3.27. The predicted octanol–water partition coefficient (Wildman–Crippen LogP) is -0.432.